The van der Waals surface area contributed by atoms with E-state index in [-0.39, 0.29) is 49.4 Å². The molecule has 3 aliphatic rings. The molecule has 3 aromatic rings. The van der Waals surface area contributed by atoms with E-state index in [0.717, 1.165) is 35.1 Å². The second-order valence-corrected chi connectivity index (χ2v) is 15.6. The minimum absolute atomic E-state index is 0.0607. The molecule has 0 radical (unpaired) electrons. The third kappa shape index (κ3) is 7.66. The number of carbonyl (C=O) groups excluding carboxylic acids is 3. The molecule has 2 aliphatic carbocycles. The maximum absolute atomic E-state index is 13.4. The quantitative estimate of drug-likeness (QED) is 0.161. The van der Waals surface area contributed by atoms with Gasteiger partial charge in [-0.1, -0.05) is 17.3 Å². The summed E-state index contributed by atoms with van der Waals surface area (Å²) in [6, 6.07) is 12.8. The monoisotopic (exact) mass is 697 g/mol. The number of tetrazole rings is 1. The molecule has 4 atom stereocenters. The van der Waals surface area contributed by atoms with Gasteiger partial charge in [0.1, 0.15) is 6.04 Å². The average molecular weight is 698 g/mol. The van der Waals surface area contributed by atoms with Crippen LogP contribution in [-0.2, 0) is 23.1 Å². The minimum Gasteiger partial charge on any atom is -0.389 e. The van der Waals surface area contributed by atoms with Crippen LogP contribution in [0.4, 0.5) is 0 Å². The van der Waals surface area contributed by atoms with Gasteiger partial charge in [-0.3, -0.25) is 14.4 Å². The number of rotatable bonds is 12. The van der Waals surface area contributed by atoms with Crippen molar-refractivity contribution in [2.45, 2.75) is 101 Å². The zero-order chi connectivity index (χ0) is 36.7. The van der Waals surface area contributed by atoms with Crippen LogP contribution in [0.1, 0.15) is 103 Å². The second kappa shape index (κ2) is 13.8. The number of hydrogen-bond acceptors (Lipinski definition) is 10. The molecule has 0 bridgehead atoms. The maximum Gasteiger partial charge on any atom is 0.251 e. The Morgan fingerprint density at radius 3 is 2.04 bits per heavy atom. The Balaban J connectivity index is 1.38. The molecule has 0 spiro atoms. The number of amides is 3. The Hall–Kier alpha value is -4.71. The largest absolute Gasteiger partial charge is 0.389 e. The maximum atomic E-state index is 13.4. The predicted octanol–water partition coefficient (Wildman–Crippen LogP) is 1.52. The van der Waals surface area contributed by atoms with E-state index in [1.807, 2.05) is 31.2 Å². The van der Waals surface area contributed by atoms with Gasteiger partial charge < -0.3 is 31.1 Å². The van der Waals surface area contributed by atoms with E-state index in [1.54, 1.807) is 44.7 Å². The first-order valence-corrected chi connectivity index (χ1v) is 17.6. The molecular formula is C37H47N9O5. The molecule has 2 aromatic carbocycles. The summed E-state index contributed by atoms with van der Waals surface area (Å²) in [4.78, 5) is 41.6. The number of nitriles is 1. The van der Waals surface area contributed by atoms with Crippen LogP contribution in [-0.4, -0.2) is 102 Å². The lowest BCUT2D eigenvalue weighted by Crippen LogP contribution is -2.46. The normalized spacial score (nSPS) is 21.0. The van der Waals surface area contributed by atoms with E-state index in [0.29, 0.717) is 42.1 Å². The Bertz CT molecular complexity index is 1760. The Labute approximate surface area is 297 Å². The highest BCUT2D eigenvalue weighted by Crippen LogP contribution is 2.48. The van der Waals surface area contributed by atoms with Crippen LogP contribution in [0.3, 0.4) is 0 Å². The number of aliphatic hydroxyl groups is 2. The molecule has 3 amide bonds. The number of aromatic nitrogens is 4. The van der Waals surface area contributed by atoms with Gasteiger partial charge in [0.15, 0.2) is 5.82 Å². The highest BCUT2D eigenvalue weighted by atomic mass is 16.3. The second-order valence-electron chi connectivity index (χ2n) is 15.6. The number of hydrogen-bond donors (Lipinski definition) is 6. The number of H-pyrrole nitrogens is 1. The van der Waals surface area contributed by atoms with Crippen molar-refractivity contribution < 1.29 is 24.6 Å². The van der Waals surface area contributed by atoms with Crippen molar-refractivity contribution in [1.82, 2.24) is 41.5 Å². The van der Waals surface area contributed by atoms with E-state index in [2.05, 4.69) is 42.6 Å². The van der Waals surface area contributed by atoms with E-state index < -0.39 is 22.7 Å². The van der Waals surface area contributed by atoms with Gasteiger partial charge in [-0.15, -0.1) is 10.2 Å². The first-order valence-electron chi connectivity index (χ1n) is 17.6. The lowest BCUT2D eigenvalue weighted by Gasteiger charge is -2.36. The first kappa shape index (κ1) is 36.1. The molecular weight excluding hydrogens is 650 g/mol. The molecule has 1 aliphatic heterocycles. The van der Waals surface area contributed by atoms with Crippen LogP contribution in [0, 0.1) is 17.2 Å². The van der Waals surface area contributed by atoms with Crippen LogP contribution in [0.5, 0.6) is 0 Å². The van der Waals surface area contributed by atoms with Gasteiger partial charge in [-0.2, -0.15) is 10.5 Å². The third-order valence-corrected chi connectivity index (χ3v) is 10.2. The smallest absolute Gasteiger partial charge is 0.251 e. The number of nitrogens with one attached hydrogen (secondary N) is 4. The van der Waals surface area contributed by atoms with Gasteiger partial charge in [0, 0.05) is 36.3 Å². The summed E-state index contributed by atoms with van der Waals surface area (Å²) in [5, 5.41) is 54.7. The zero-order valence-corrected chi connectivity index (χ0v) is 29.8. The standard InChI is InChI=1S/C37H47N9O5/c1-21(39-18-31(47)46-27(17-38)14-26-15-30(26)46)16-37(34-42-44-45-43-34)28-10-8-24(32(48)40-19-35(2,3)50)12-22(28)6-7-23-13-25(9-11-29(23)37)33(49)41-20-36(4,5)51/h8-13,21,26-27,30,39,50-51H,6-7,14-16,18-20H2,1-5H3,(H,40,48)(H,41,49)(H,42,43,44,45)/t21-,26+,27-,30-/m0/s1. The Kier molecular flexibility index (Phi) is 9.75. The molecule has 270 valence electrons. The van der Waals surface area contributed by atoms with Crippen molar-refractivity contribution >= 4 is 17.7 Å². The van der Waals surface area contributed by atoms with Crippen LogP contribution >= 0.6 is 0 Å². The number of nitrogens with zero attached hydrogens (tertiary/aromatic N) is 5. The summed E-state index contributed by atoms with van der Waals surface area (Å²) in [6.07, 6.45) is 3.14. The van der Waals surface area contributed by atoms with E-state index >= 15 is 0 Å². The van der Waals surface area contributed by atoms with Gasteiger partial charge in [0.25, 0.3) is 11.8 Å². The zero-order valence-electron chi connectivity index (χ0n) is 29.8. The molecule has 6 rings (SSSR count). The lowest BCUT2D eigenvalue weighted by atomic mass is 9.67. The number of likely N-dealkylation sites (tertiary alicyclic amines) is 1. The topological polar surface area (TPSA) is 209 Å². The molecule has 1 saturated heterocycles. The molecule has 1 saturated carbocycles. The summed E-state index contributed by atoms with van der Waals surface area (Å²) in [5.41, 5.74) is 1.20. The molecule has 1 aromatic heterocycles. The van der Waals surface area contributed by atoms with Gasteiger partial charge in [-0.05, 0) is 119 Å². The van der Waals surface area contributed by atoms with Gasteiger partial charge in [0.2, 0.25) is 5.91 Å². The number of aromatic amines is 1. The average Bonchev–Trinajstić information content (AvgIpc) is 3.46. The first-order chi connectivity index (χ1) is 24.1. The lowest BCUT2D eigenvalue weighted by molar-refractivity contribution is -0.131. The van der Waals surface area contributed by atoms with Gasteiger partial charge >= 0.3 is 0 Å². The molecule has 0 unspecified atom stereocenters. The molecule has 14 heteroatoms. The van der Waals surface area contributed by atoms with Crippen LogP contribution in [0.2, 0.25) is 0 Å². The number of aryl methyl sites for hydroxylation is 2. The van der Waals surface area contributed by atoms with Crippen molar-refractivity contribution in [3.63, 3.8) is 0 Å². The fourth-order valence-electron chi connectivity index (χ4n) is 7.64. The minimum atomic E-state index is -1.08. The van der Waals surface area contributed by atoms with Crippen molar-refractivity contribution in [2.75, 3.05) is 19.6 Å². The number of piperidine rings is 1. The number of fused-ring (bicyclic) bond motifs is 3. The highest BCUT2D eigenvalue weighted by molar-refractivity contribution is 5.95. The van der Waals surface area contributed by atoms with Gasteiger partial charge in [-0.25, -0.2) is 0 Å². The van der Waals surface area contributed by atoms with Crippen molar-refractivity contribution in [1.29, 1.82) is 5.26 Å². The summed E-state index contributed by atoms with van der Waals surface area (Å²) in [5.74, 6) is 0.0800. The third-order valence-electron chi connectivity index (χ3n) is 10.2. The number of carbonyl (C=O) groups is 3. The summed E-state index contributed by atoms with van der Waals surface area (Å²) in [7, 11) is 0. The van der Waals surface area contributed by atoms with E-state index in [4.69, 9.17) is 0 Å². The summed E-state index contributed by atoms with van der Waals surface area (Å²) < 4.78 is 0. The van der Waals surface area contributed by atoms with Gasteiger partial charge in [0.05, 0.1) is 29.2 Å². The van der Waals surface area contributed by atoms with Crippen molar-refractivity contribution in [3.05, 3.63) is 75.6 Å². The molecule has 2 heterocycles. The molecule has 14 nitrogen and oxygen atoms in total. The van der Waals surface area contributed by atoms with Crippen molar-refractivity contribution in [3.8, 4) is 6.07 Å². The summed E-state index contributed by atoms with van der Waals surface area (Å²) in [6.45, 7) is 8.70. The molecule has 6 N–H and O–H groups in total. The Morgan fingerprint density at radius 1 is 0.980 bits per heavy atom. The van der Waals surface area contributed by atoms with Crippen molar-refractivity contribution in [2.24, 2.45) is 5.92 Å². The predicted molar refractivity (Wildman–Crippen MR) is 186 cm³/mol. The fourth-order valence-corrected chi connectivity index (χ4v) is 7.64. The van der Waals surface area contributed by atoms with Crippen LogP contribution in [0.25, 0.3) is 0 Å². The Morgan fingerprint density at radius 2 is 1.55 bits per heavy atom. The highest BCUT2D eigenvalue weighted by Gasteiger charge is 2.54. The fraction of sp³-hybridized carbons (Fsp3) is 0.541. The molecule has 2 fully saturated rings. The molecule has 51 heavy (non-hydrogen) atoms. The summed E-state index contributed by atoms with van der Waals surface area (Å²) >= 11 is 0. The van der Waals surface area contributed by atoms with E-state index in [9.17, 15) is 29.9 Å². The van der Waals surface area contributed by atoms with E-state index in [1.165, 1.54) is 0 Å². The van der Waals surface area contributed by atoms with Crippen LogP contribution < -0.4 is 16.0 Å². The number of benzene rings is 2. The van der Waals surface area contributed by atoms with Crippen LogP contribution in [0.15, 0.2) is 36.4 Å². The SMILES string of the molecule is C[C@@H](CC1(c2nn[nH]n2)c2ccc(C(=O)NCC(C)(C)O)cc2CCc2cc(C(=O)NCC(C)(C)O)ccc21)NCC(=O)N1[C@H](C#N)C[C@@H]2C[C@@H]21.